The third-order valence-electron chi connectivity index (χ3n) is 4.07. The molecule has 1 spiro atoms. The van der Waals surface area contributed by atoms with Gasteiger partial charge in [-0.1, -0.05) is 12.1 Å². The van der Waals surface area contributed by atoms with Gasteiger partial charge in [0.2, 0.25) is 0 Å². The van der Waals surface area contributed by atoms with Crippen molar-refractivity contribution in [1.29, 1.82) is 0 Å². The monoisotopic (exact) mass is 299 g/mol. The number of nitrogens with zero attached hydrogens (tertiary/aromatic N) is 1. The molecule has 0 bridgehead atoms. The Labute approximate surface area is 124 Å². The first-order chi connectivity index (χ1) is 10.6. The van der Waals surface area contributed by atoms with E-state index < -0.39 is 11.4 Å². The molecule has 0 radical (unpaired) electrons. The molecular formula is C16H11F2N3O. The first-order valence-corrected chi connectivity index (χ1v) is 6.80. The number of amides is 1. The third kappa shape index (κ3) is 1.73. The van der Waals surface area contributed by atoms with Crippen LogP contribution in [0.5, 0.6) is 0 Å². The summed E-state index contributed by atoms with van der Waals surface area (Å²) in [7, 11) is 0. The van der Waals surface area contributed by atoms with Gasteiger partial charge in [-0.25, -0.2) is 8.78 Å². The van der Waals surface area contributed by atoms with Crippen LogP contribution >= 0.6 is 0 Å². The molecule has 2 N–H and O–H groups in total. The summed E-state index contributed by atoms with van der Waals surface area (Å²) in [6.07, 6.45) is 0.279. The molecule has 2 aromatic rings. The van der Waals surface area contributed by atoms with E-state index in [4.69, 9.17) is 0 Å². The zero-order valence-corrected chi connectivity index (χ0v) is 11.4. The SMILES string of the molecule is O=C1Nc2ccc(F)cc2[C@]12CC(c1ccc(F)cc1)=NN2. The van der Waals surface area contributed by atoms with E-state index in [1.165, 1.54) is 30.3 Å². The van der Waals surface area contributed by atoms with Crippen LogP contribution in [-0.2, 0) is 10.3 Å². The maximum atomic E-state index is 13.5. The number of anilines is 1. The van der Waals surface area contributed by atoms with Gasteiger partial charge < -0.3 is 5.32 Å². The van der Waals surface area contributed by atoms with Crippen LogP contribution in [0.25, 0.3) is 0 Å². The van der Waals surface area contributed by atoms with Crippen molar-refractivity contribution in [3.05, 3.63) is 65.2 Å². The van der Waals surface area contributed by atoms with Crippen molar-refractivity contribution in [3.63, 3.8) is 0 Å². The number of hydrogen-bond acceptors (Lipinski definition) is 3. The van der Waals surface area contributed by atoms with Gasteiger partial charge in [0.25, 0.3) is 5.91 Å². The lowest BCUT2D eigenvalue weighted by Gasteiger charge is -2.20. The highest BCUT2D eigenvalue weighted by Crippen LogP contribution is 2.41. The Morgan fingerprint density at radius 2 is 1.77 bits per heavy atom. The second kappa shape index (κ2) is 4.37. The number of carbonyl (C=O) groups excluding carboxylic acids is 1. The first-order valence-electron chi connectivity index (χ1n) is 6.80. The highest BCUT2D eigenvalue weighted by atomic mass is 19.1. The van der Waals surface area contributed by atoms with Crippen LogP contribution in [0, 0.1) is 11.6 Å². The molecule has 0 aromatic heterocycles. The Morgan fingerprint density at radius 3 is 2.55 bits per heavy atom. The molecule has 4 nitrogen and oxygen atoms in total. The second-order valence-electron chi connectivity index (χ2n) is 5.40. The van der Waals surface area contributed by atoms with Crippen LogP contribution < -0.4 is 10.7 Å². The van der Waals surface area contributed by atoms with Crippen molar-refractivity contribution in [2.45, 2.75) is 12.0 Å². The van der Waals surface area contributed by atoms with Gasteiger partial charge in [-0.05, 0) is 35.9 Å². The fourth-order valence-electron chi connectivity index (χ4n) is 2.92. The van der Waals surface area contributed by atoms with Crippen LogP contribution in [0.4, 0.5) is 14.5 Å². The Balaban J connectivity index is 1.73. The number of carbonyl (C=O) groups is 1. The molecule has 6 heteroatoms. The van der Waals surface area contributed by atoms with E-state index in [-0.39, 0.29) is 18.1 Å². The first kappa shape index (κ1) is 12.9. The van der Waals surface area contributed by atoms with E-state index in [1.807, 2.05) is 0 Å². The van der Waals surface area contributed by atoms with E-state index in [0.29, 0.717) is 17.0 Å². The van der Waals surface area contributed by atoms with Gasteiger partial charge in [-0.2, -0.15) is 5.10 Å². The summed E-state index contributed by atoms with van der Waals surface area (Å²) in [6, 6.07) is 10.1. The predicted molar refractivity (Wildman–Crippen MR) is 77.4 cm³/mol. The van der Waals surface area contributed by atoms with Gasteiger partial charge in [0, 0.05) is 17.7 Å². The Kier molecular flexibility index (Phi) is 2.57. The summed E-state index contributed by atoms with van der Waals surface area (Å²) in [6.45, 7) is 0. The largest absolute Gasteiger partial charge is 0.323 e. The lowest BCUT2D eigenvalue weighted by molar-refractivity contribution is -0.121. The molecule has 2 aliphatic heterocycles. The average molecular weight is 299 g/mol. The molecule has 4 rings (SSSR count). The molecule has 110 valence electrons. The highest BCUT2D eigenvalue weighted by molar-refractivity contribution is 6.13. The highest BCUT2D eigenvalue weighted by Gasteiger charge is 2.50. The fraction of sp³-hybridized carbons (Fsp3) is 0.125. The zero-order valence-electron chi connectivity index (χ0n) is 11.4. The minimum absolute atomic E-state index is 0.269. The molecule has 0 saturated heterocycles. The number of rotatable bonds is 1. The number of fused-ring (bicyclic) bond motifs is 2. The van der Waals surface area contributed by atoms with Gasteiger partial charge in [0.1, 0.15) is 11.6 Å². The summed E-state index contributed by atoms with van der Waals surface area (Å²) in [5.74, 6) is -1.02. The van der Waals surface area contributed by atoms with Crippen molar-refractivity contribution < 1.29 is 13.6 Å². The number of hydrazone groups is 1. The molecule has 1 amide bonds. The zero-order chi connectivity index (χ0) is 15.3. The lowest BCUT2D eigenvalue weighted by Crippen LogP contribution is -2.42. The summed E-state index contributed by atoms with van der Waals surface area (Å²) in [4.78, 5) is 12.4. The number of nitrogens with one attached hydrogen (secondary N) is 2. The smallest absolute Gasteiger partial charge is 0.256 e. The van der Waals surface area contributed by atoms with Crippen molar-refractivity contribution >= 4 is 17.3 Å². The molecule has 0 saturated carbocycles. The van der Waals surface area contributed by atoms with Crippen LogP contribution in [-0.4, -0.2) is 11.6 Å². The number of halogens is 2. The van der Waals surface area contributed by atoms with Gasteiger partial charge in [-0.15, -0.1) is 0 Å². The standard InChI is InChI=1S/C16H11F2N3O/c17-10-3-1-9(2-4-10)14-8-16(21-20-14)12-7-11(18)5-6-13(12)19-15(16)22/h1-7,21H,8H2,(H,19,22)/t16-/m1/s1. The van der Waals surface area contributed by atoms with Crippen molar-refractivity contribution in [1.82, 2.24) is 5.43 Å². The van der Waals surface area contributed by atoms with E-state index in [0.717, 1.165) is 5.56 Å². The molecule has 0 aliphatic carbocycles. The summed E-state index contributed by atoms with van der Waals surface area (Å²) in [5.41, 5.74) is 4.22. The van der Waals surface area contributed by atoms with Gasteiger partial charge >= 0.3 is 0 Å². The minimum atomic E-state index is -1.10. The van der Waals surface area contributed by atoms with Crippen LogP contribution in [0.15, 0.2) is 47.6 Å². The van der Waals surface area contributed by atoms with E-state index >= 15 is 0 Å². The second-order valence-corrected chi connectivity index (χ2v) is 5.40. The predicted octanol–water partition coefficient (Wildman–Crippen LogP) is 2.51. The van der Waals surface area contributed by atoms with Crippen LogP contribution in [0.1, 0.15) is 17.5 Å². The number of benzene rings is 2. The summed E-state index contributed by atoms with van der Waals surface area (Å²) >= 11 is 0. The van der Waals surface area contributed by atoms with Gasteiger partial charge in [-0.3, -0.25) is 10.2 Å². The fourth-order valence-corrected chi connectivity index (χ4v) is 2.92. The van der Waals surface area contributed by atoms with E-state index in [1.54, 1.807) is 12.1 Å². The molecule has 22 heavy (non-hydrogen) atoms. The Hall–Kier alpha value is -2.76. The van der Waals surface area contributed by atoms with E-state index in [2.05, 4.69) is 15.8 Å². The van der Waals surface area contributed by atoms with E-state index in [9.17, 15) is 13.6 Å². The van der Waals surface area contributed by atoms with Crippen LogP contribution in [0.3, 0.4) is 0 Å². The molecule has 2 heterocycles. The number of hydrogen-bond donors (Lipinski definition) is 2. The summed E-state index contributed by atoms with van der Waals surface area (Å²) in [5, 5.41) is 6.95. The minimum Gasteiger partial charge on any atom is -0.323 e. The summed E-state index contributed by atoms with van der Waals surface area (Å²) < 4.78 is 26.6. The molecule has 2 aliphatic rings. The lowest BCUT2D eigenvalue weighted by atomic mass is 9.86. The normalized spacial score (nSPS) is 22.3. The van der Waals surface area contributed by atoms with Crippen molar-refractivity contribution in [2.24, 2.45) is 5.10 Å². The molecule has 0 fully saturated rings. The van der Waals surface area contributed by atoms with Crippen LogP contribution in [0.2, 0.25) is 0 Å². The molecule has 0 unspecified atom stereocenters. The maximum absolute atomic E-state index is 13.5. The quantitative estimate of drug-likeness (QED) is 0.850. The van der Waals surface area contributed by atoms with Crippen molar-refractivity contribution in [2.75, 3.05) is 5.32 Å². The topological polar surface area (TPSA) is 53.5 Å². The average Bonchev–Trinajstić information content (AvgIpc) is 3.06. The third-order valence-corrected chi connectivity index (χ3v) is 4.07. The molecule has 1 atom stereocenters. The Morgan fingerprint density at radius 1 is 1.05 bits per heavy atom. The molecule has 2 aromatic carbocycles. The molecular weight excluding hydrogens is 288 g/mol. The Bertz CT molecular complexity index is 817. The van der Waals surface area contributed by atoms with Gasteiger partial charge in [0.15, 0.2) is 5.54 Å². The van der Waals surface area contributed by atoms with Gasteiger partial charge in [0.05, 0.1) is 5.71 Å². The van der Waals surface area contributed by atoms with Crippen molar-refractivity contribution in [3.8, 4) is 0 Å². The maximum Gasteiger partial charge on any atom is 0.256 e.